The summed E-state index contributed by atoms with van der Waals surface area (Å²) in [5.41, 5.74) is 1.89. The second-order valence-electron chi connectivity index (χ2n) is 9.82. The molecule has 4 fully saturated rings. The molecule has 0 saturated heterocycles. The molecule has 1 heterocycles. The van der Waals surface area contributed by atoms with Crippen LogP contribution >= 0.6 is 0 Å². The first-order chi connectivity index (χ1) is 15.1. The van der Waals surface area contributed by atoms with Gasteiger partial charge in [0.05, 0.1) is 12.7 Å². The van der Waals surface area contributed by atoms with Crippen molar-refractivity contribution in [2.45, 2.75) is 44.6 Å². The van der Waals surface area contributed by atoms with Gasteiger partial charge < -0.3 is 13.9 Å². The van der Waals surface area contributed by atoms with Crippen LogP contribution in [0.1, 0.15) is 60.9 Å². The van der Waals surface area contributed by atoms with Crippen LogP contribution < -0.4 is 4.74 Å². The number of oxazole rings is 1. The standard InChI is InChI=1S/C26H27NO4/c1-29-25(28)19-7-8-22-21(12-19)27-24(31-22)23(30-20-5-3-2-4-6-20)26-13-16-9-17(14-26)11-18(10-16)15-26/h2-8,12,16-18,23H,9-11,13-15H2,1H3. The third kappa shape index (κ3) is 3.22. The normalized spacial score (nSPS) is 29.8. The molecule has 0 amide bonds. The first-order valence-corrected chi connectivity index (χ1v) is 11.3. The number of fused-ring (bicyclic) bond motifs is 1. The number of rotatable bonds is 5. The average Bonchev–Trinajstić information content (AvgIpc) is 3.19. The molecule has 5 heteroatoms. The van der Waals surface area contributed by atoms with E-state index in [1.54, 1.807) is 18.2 Å². The predicted molar refractivity (Wildman–Crippen MR) is 116 cm³/mol. The van der Waals surface area contributed by atoms with Crippen molar-refractivity contribution in [2.24, 2.45) is 23.2 Å². The van der Waals surface area contributed by atoms with E-state index in [9.17, 15) is 4.79 Å². The molecule has 2 aromatic carbocycles. The Labute approximate surface area is 181 Å². The van der Waals surface area contributed by atoms with Crippen LogP contribution in [0, 0.1) is 23.2 Å². The fraction of sp³-hybridized carbons (Fsp3) is 0.462. The van der Waals surface area contributed by atoms with Gasteiger partial charge in [0.25, 0.3) is 0 Å². The van der Waals surface area contributed by atoms with Crippen LogP contribution in [0.4, 0.5) is 0 Å². The van der Waals surface area contributed by atoms with Gasteiger partial charge in [-0.3, -0.25) is 0 Å². The van der Waals surface area contributed by atoms with Crippen molar-refractivity contribution in [2.75, 3.05) is 7.11 Å². The third-order valence-electron chi connectivity index (χ3n) is 7.69. The number of carbonyl (C=O) groups is 1. The van der Waals surface area contributed by atoms with Crippen LogP contribution in [0.25, 0.3) is 11.1 Å². The molecule has 1 unspecified atom stereocenters. The highest BCUT2D eigenvalue weighted by molar-refractivity contribution is 5.93. The van der Waals surface area contributed by atoms with E-state index in [-0.39, 0.29) is 17.5 Å². The van der Waals surface area contributed by atoms with E-state index in [1.165, 1.54) is 45.6 Å². The van der Waals surface area contributed by atoms with E-state index in [4.69, 9.17) is 18.9 Å². The molecule has 31 heavy (non-hydrogen) atoms. The average molecular weight is 418 g/mol. The number of para-hydroxylation sites is 1. The lowest BCUT2D eigenvalue weighted by molar-refractivity contribution is -0.119. The largest absolute Gasteiger partial charge is 0.480 e. The van der Waals surface area contributed by atoms with Crippen molar-refractivity contribution in [3.63, 3.8) is 0 Å². The molecule has 4 saturated carbocycles. The molecule has 5 nitrogen and oxygen atoms in total. The van der Waals surface area contributed by atoms with Crippen LogP contribution in [-0.2, 0) is 4.74 Å². The summed E-state index contributed by atoms with van der Waals surface area (Å²) in [6.07, 6.45) is 7.43. The van der Waals surface area contributed by atoms with Gasteiger partial charge in [-0.15, -0.1) is 0 Å². The minimum atomic E-state index is -0.371. The molecule has 0 radical (unpaired) electrons. The van der Waals surface area contributed by atoms with Gasteiger partial charge in [0.15, 0.2) is 11.7 Å². The van der Waals surface area contributed by atoms with Gasteiger partial charge in [0.2, 0.25) is 5.89 Å². The monoisotopic (exact) mass is 417 g/mol. The maximum absolute atomic E-state index is 12.0. The number of hydrogen-bond donors (Lipinski definition) is 0. The molecule has 4 aliphatic rings. The lowest BCUT2D eigenvalue weighted by atomic mass is 9.48. The highest BCUT2D eigenvalue weighted by Crippen LogP contribution is 2.64. The van der Waals surface area contributed by atoms with E-state index in [1.807, 2.05) is 30.3 Å². The number of methoxy groups -OCH3 is 1. The second kappa shape index (κ2) is 7.11. The van der Waals surface area contributed by atoms with Gasteiger partial charge in [0.1, 0.15) is 11.3 Å². The summed E-state index contributed by atoms with van der Waals surface area (Å²) in [4.78, 5) is 16.8. The van der Waals surface area contributed by atoms with E-state index in [0.29, 0.717) is 22.6 Å². The van der Waals surface area contributed by atoms with Crippen molar-refractivity contribution in [1.82, 2.24) is 4.98 Å². The molecule has 4 aliphatic carbocycles. The fourth-order valence-electron chi connectivity index (χ4n) is 6.87. The molecule has 3 aromatic rings. The minimum Gasteiger partial charge on any atom is -0.480 e. The third-order valence-corrected chi connectivity index (χ3v) is 7.69. The number of aromatic nitrogens is 1. The Bertz CT molecular complexity index is 1080. The van der Waals surface area contributed by atoms with E-state index in [2.05, 4.69) is 0 Å². The summed E-state index contributed by atoms with van der Waals surface area (Å²) in [5, 5.41) is 0. The van der Waals surface area contributed by atoms with E-state index in [0.717, 1.165) is 23.5 Å². The van der Waals surface area contributed by atoms with Gasteiger partial charge >= 0.3 is 5.97 Å². The molecular weight excluding hydrogens is 390 g/mol. The van der Waals surface area contributed by atoms with Gasteiger partial charge in [-0.05, 0) is 86.6 Å². The van der Waals surface area contributed by atoms with Gasteiger partial charge in [-0.25, -0.2) is 9.78 Å². The zero-order chi connectivity index (χ0) is 21.0. The van der Waals surface area contributed by atoms with Crippen molar-refractivity contribution in [3.8, 4) is 5.75 Å². The topological polar surface area (TPSA) is 61.6 Å². The maximum Gasteiger partial charge on any atom is 0.337 e. The first kappa shape index (κ1) is 18.9. The number of esters is 1. The van der Waals surface area contributed by atoms with Crippen LogP contribution in [0.2, 0.25) is 0 Å². The van der Waals surface area contributed by atoms with Crippen molar-refractivity contribution in [1.29, 1.82) is 0 Å². The summed E-state index contributed by atoms with van der Waals surface area (Å²) in [6.45, 7) is 0. The molecule has 4 bridgehead atoms. The molecule has 160 valence electrons. The predicted octanol–water partition coefficient (Wildman–Crippen LogP) is 5.95. The lowest BCUT2D eigenvalue weighted by Gasteiger charge is -2.58. The Morgan fingerprint density at radius 3 is 2.35 bits per heavy atom. The molecule has 0 aliphatic heterocycles. The number of hydrogen-bond acceptors (Lipinski definition) is 5. The number of ether oxygens (including phenoxy) is 2. The minimum absolute atomic E-state index is 0.0661. The Morgan fingerprint density at radius 2 is 1.71 bits per heavy atom. The van der Waals surface area contributed by atoms with Crippen molar-refractivity contribution < 1.29 is 18.7 Å². The quantitative estimate of drug-likeness (QED) is 0.480. The SMILES string of the molecule is COC(=O)c1ccc2oc(C(Oc3ccccc3)C34CC5CC(CC(C5)C3)C4)nc2c1. The zero-order valence-electron chi connectivity index (χ0n) is 17.8. The highest BCUT2D eigenvalue weighted by atomic mass is 16.5. The maximum atomic E-state index is 12.0. The number of nitrogens with zero attached hydrogens (tertiary/aromatic N) is 1. The number of carbonyl (C=O) groups excluding carboxylic acids is 1. The fourth-order valence-corrected chi connectivity index (χ4v) is 6.87. The summed E-state index contributed by atoms with van der Waals surface area (Å²) in [5.74, 6) is 3.49. The Hall–Kier alpha value is -2.82. The summed E-state index contributed by atoms with van der Waals surface area (Å²) >= 11 is 0. The molecule has 0 spiro atoms. The number of benzene rings is 2. The molecule has 0 N–H and O–H groups in total. The molecule has 1 aromatic heterocycles. The van der Waals surface area contributed by atoms with Crippen LogP contribution in [0.5, 0.6) is 5.75 Å². The zero-order valence-corrected chi connectivity index (χ0v) is 17.8. The smallest absolute Gasteiger partial charge is 0.337 e. The summed E-state index contributed by atoms with van der Waals surface area (Å²) in [6, 6.07) is 15.3. The van der Waals surface area contributed by atoms with Gasteiger partial charge in [-0.1, -0.05) is 18.2 Å². The van der Waals surface area contributed by atoms with E-state index >= 15 is 0 Å². The van der Waals surface area contributed by atoms with Crippen LogP contribution in [0.15, 0.2) is 52.9 Å². The van der Waals surface area contributed by atoms with Gasteiger partial charge in [0, 0.05) is 5.41 Å². The Balaban J connectivity index is 1.43. The summed E-state index contributed by atoms with van der Waals surface area (Å²) in [7, 11) is 1.39. The van der Waals surface area contributed by atoms with Crippen LogP contribution in [-0.4, -0.2) is 18.1 Å². The van der Waals surface area contributed by atoms with Gasteiger partial charge in [-0.2, -0.15) is 0 Å². The van der Waals surface area contributed by atoms with Crippen molar-refractivity contribution in [3.05, 3.63) is 60.0 Å². The molecule has 1 atom stereocenters. The Morgan fingerprint density at radius 1 is 1.03 bits per heavy atom. The van der Waals surface area contributed by atoms with Crippen LogP contribution in [0.3, 0.4) is 0 Å². The van der Waals surface area contributed by atoms with Crippen molar-refractivity contribution >= 4 is 17.1 Å². The second-order valence-corrected chi connectivity index (χ2v) is 9.82. The molecule has 7 rings (SSSR count). The highest BCUT2D eigenvalue weighted by Gasteiger charge is 2.56. The first-order valence-electron chi connectivity index (χ1n) is 11.3. The summed E-state index contributed by atoms with van der Waals surface area (Å²) < 4.78 is 17.8. The Kier molecular flexibility index (Phi) is 4.34. The lowest BCUT2D eigenvalue weighted by Crippen LogP contribution is -2.50. The molecular formula is C26H27NO4. The van der Waals surface area contributed by atoms with E-state index < -0.39 is 0 Å².